The van der Waals surface area contributed by atoms with Crippen LogP contribution >= 0.6 is 0 Å². The van der Waals surface area contributed by atoms with Gasteiger partial charge in [-0.15, -0.1) is 0 Å². The molecule has 1 aliphatic carbocycles. The van der Waals surface area contributed by atoms with Crippen LogP contribution in [-0.2, 0) is 20.8 Å². The molecule has 6 nitrogen and oxygen atoms in total. The fourth-order valence-electron chi connectivity index (χ4n) is 4.22. The average Bonchev–Trinajstić information content (AvgIpc) is 3.23. The molecule has 1 atom stereocenters. The van der Waals surface area contributed by atoms with Crippen molar-refractivity contribution in [2.75, 3.05) is 32.9 Å². The van der Waals surface area contributed by atoms with Crippen LogP contribution in [0.4, 0.5) is 13.2 Å². The number of likely N-dealkylation sites (tertiary alicyclic amines) is 1. The Balaban J connectivity index is 0.000000318. The molecular weight excluding hydrogens is 403 g/mol. The van der Waals surface area contributed by atoms with Gasteiger partial charge < -0.3 is 19.0 Å². The summed E-state index contributed by atoms with van der Waals surface area (Å²) >= 11 is 0. The number of aliphatic carboxylic acids is 1. The topological polar surface area (TPSA) is 72.1 Å². The molecule has 4 rings (SSSR count). The van der Waals surface area contributed by atoms with E-state index in [-0.39, 0.29) is 5.60 Å². The summed E-state index contributed by atoms with van der Waals surface area (Å²) in [6, 6.07) is 4.04. The average molecular weight is 433 g/mol. The summed E-state index contributed by atoms with van der Waals surface area (Å²) in [6.45, 7) is 5.99. The zero-order valence-electron chi connectivity index (χ0n) is 17.0. The normalized spacial score (nSPS) is 23.9. The van der Waals surface area contributed by atoms with E-state index in [1.807, 2.05) is 6.07 Å². The number of rotatable bonds is 7. The lowest BCUT2D eigenvalue weighted by Crippen LogP contribution is -2.47. The molecule has 1 unspecified atom stereocenters. The summed E-state index contributed by atoms with van der Waals surface area (Å²) < 4.78 is 49.3. The van der Waals surface area contributed by atoms with Crippen molar-refractivity contribution in [2.24, 2.45) is 11.8 Å². The molecule has 1 saturated carbocycles. The third kappa shape index (κ3) is 6.72. The molecule has 1 aromatic rings. The summed E-state index contributed by atoms with van der Waals surface area (Å²) in [6.07, 6.45) is 4.13. The maximum atomic E-state index is 10.6. The molecule has 0 radical (unpaired) electrons. The van der Waals surface area contributed by atoms with Gasteiger partial charge in [0.05, 0.1) is 18.4 Å². The van der Waals surface area contributed by atoms with Crippen LogP contribution < -0.4 is 0 Å². The molecule has 3 aliphatic rings. The summed E-state index contributed by atoms with van der Waals surface area (Å²) in [7, 11) is 0. The smallest absolute Gasteiger partial charge is 0.475 e. The summed E-state index contributed by atoms with van der Waals surface area (Å²) in [5.74, 6) is -0.132. The van der Waals surface area contributed by atoms with Gasteiger partial charge >= 0.3 is 12.1 Å². The number of piperidine rings is 1. The van der Waals surface area contributed by atoms with Crippen LogP contribution in [0.1, 0.15) is 44.3 Å². The van der Waals surface area contributed by atoms with Crippen LogP contribution in [0.5, 0.6) is 0 Å². The lowest BCUT2D eigenvalue weighted by molar-refractivity contribution is -0.192. The van der Waals surface area contributed by atoms with Gasteiger partial charge in [0.2, 0.25) is 0 Å². The zero-order chi connectivity index (χ0) is 21.6. The van der Waals surface area contributed by atoms with Gasteiger partial charge in [0.15, 0.2) is 0 Å². The second-order valence-corrected chi connectivity index (χ2v) is 8.36. The van der Waals surface area contributed by atoms with Gasteiger partial charge in [0, 0.05) is 32.9 Å². The van der Waals surface area contributed by atoms with Crippen molar-refractivity contribution >= 4 is 5.97 Å². The highest BCUT2D eigenvalue weighted by Gasteiger charge is 2.45. The number of halogens is 3. The van der Waals surface area contributed by atoms with E-state index in [1.165, 1.54) is 25.7 Å². The third-order valence-electron chi connectivity index (χ3n) is 6.17. The summed E-state index contributed by atoms with van der Waals surface area (Å²) in [5, 5.41) is 7.12. The Labute approximate surface area is 174 Å². The van der Waals surface area contributed by atoms with E-state index >= 15 is 0 Å². The van der Waals surface area contributed by atoms with Gasteiger partial charge in [-0.2, -0.15) is 13.2 Å². The number of nitrogens with zero attached hydrogens (tertiary/aromatic N) is 1. The maximum Gasteiger partial charge on any atom is 0.490 e. The number of carboxylic acids is 1. The van der Waals surface area contributed by atoms with E-state index in [0.29, 0.717) is 5.92 Å². The van der Waals surface area contributed by atoms with Crippen molar-refractivity contribution in [3.8, 4) is 0 Å². The van der Waals surface area contributed by atoms with Gasteiger partial charge in [0.1, 0.15) is 5.76 Å². The second-order valence-electron chi connectivity index (χ2n) is 8.36. The number of carboxylic acid groups (broad SMARTS) is 1. The Morgan fingerprint density at radius 1 is 1.27 bits per heavy atom. The minimum absolute atomic E-state index is 0.128. The molecule has 9 heteroatoms. The number of ether oxygens (including phenoxy) is 2. The Morgan fingerprint density at radius 2 is 1.97 bits per heavy atom. The number of alkyl halides is 3. The first kappa shape index (κ1) is 23.1. The Bertz CT molecular complexity index is 652. The molecule has 1 aromatic heterocycles. The van der Waals surface area contributed by atoms with Crippen LogP contribution in [0.25, 0.3) is 0 Å². The van der Waals surface area contributed by atoms with Gasteiger partial charge in [-0.25, -0.2) is 4.79 Å². The van der Waals surface area contributed by atoms with Crippen molar-refractivity contribution in [2.45, 2.75) is 56.8 Å². The van der Waals surface area contributed by atoms with Crippen molar-refractivity contribution in [3.05, 3.63) is 24.2 Å². The van der Waals surface area contributed by atoms with Crippen LogP contribution in [-0.4, -0.2) is 60.7 Å². The minimum Gasteiger partial charge on any atom is -0.475 e. The first-order chi connectivity index (χ1) is 14.3. The molecule has 2 aliphatic heterocycles. The number of carbonyl (C=O) groups is 1. The van der Waals surface area contributed by atoms with E-state index in [9.17, 15) is 13.2 Å². The Morgan fingerprint density at radius 3 is 2.53 bits per heavy atom. The Hall–Kier alpha value is -1.58. The molecule has 2 saturated heterocycles. The second kappa shape index (κ2) is 10.2. The number of hydrogen-bond donors (Lipinski definition) is 1. The predicted molar refractivity (Wildman–Crippen MR) is 102 cm³/mol. The molecule has 3 fully saturated rings. The predicted octanol–water partition coefficient (Wildman–Crippen LogP) is 4.10. The summed E-state index contributed by atoms with van der Waals surface area (Å²) in [4.78, 5) is 11.4. The van der Waals surface area contributed by atoms with Gasteiger partial charge in [0.25, 0.3) is 0 Å². The largest absolute Gasteiger partial charge is 0.490 e. The maximum absolute atomic E-state index is 10.6. The zero-order valence-corrected chi connectivity index (χ0v) is 17.0. The van der Waals surface area contributed by atoms with Crippen LogP contribution in [0.15, 0.2) is 22.8 Å². The monoisotopic (exact) mass is 433 g/mol. The molecule has 3 heterocycles. The quantitative estimate of drug-likeness (QED) is 0.653. The lowest BCUT2D eigenvalue weighted by atomic mass is 9.78. The Kier molecular flexibility index (Phi) is 7.81. The fourth-order valence-corrected chi connectivity index (χ4v) is 4.22. The molecule has 0 aromatic carbocycles. The molecule has 1 spiro atoms. The minimum atomic E-state index is -5.08. The van der Waals surface area contributed by atoms with Crippen LogP contribution in [0.2, 0.25) is 0 Å². The van der Waals surface area contributed by atoms with Crippen molar-refractivity contribution in [1.82, 2.24) is 4.90 Å². The van der Waals surface area contributed by atoms with E-state index in [4.69, 9.17) is 23.8 Å². The van der Waals surface area contributed by atoms with Gasteiger partial charge in [-0.1, -0.05) is 0 Å². The van der Waals surface area contributed by atoms with Crippen LogP contribution in [0.3, 0.4) is 0 Å². The number of hydrogen-bond acceptors (Lipinski definition) is 5. The SMILES string of the molecule is O=C(O)C(F)(F)F.c1coc(CN2CCC3(CC2)OCCC3CCOCC2CC2)c1. The standard InChI is InChI=1S/C19H29NO3.C2HF3O2/c1-2-18(22-11-1)14-20-9-7-19(8-10-20)17(6-13-23-19)5-12-21-15-16-3-4-16;3-2(4,5)1(6)7/h1-2,11,16-17H,3-10,12-15H2;(H,6,7). The highest BCUT2D eigenvalue weighted by atomic mass is 19.4. The van der Waals surface area contributed by atoms with E-state index in [1.54, 1.807) is 6.26 Å². The highest BCUT2D eigenvalue weighted by Crippen LogP contribution is 2.42. The first-order valence-corrected chi connectivity index (χ1v) is 10.5. The fraction of sp³-hybridized carbons (Fsp3) is 0.762. The van der Waals surface area contributed by atoms with Crippen molar-refractivity contribution in [3.63, 3.8) is 0 Å². The van der Waals surface area contributed by atoms with Crippen LogP contribution in [0, 0.1) is 11.8 Å². The molecule has 30 heavy (non-hydrogen) atoms. The molecule has 1 N–H and O–H groups in total. The lowest BCUT2D eigenvalue weighted by Gasteiger charge is -2.42. The van der Waals surface area contributed by atoms with E-state index < -0.39 is 12.1 Å². The summed E-state index contributed by atoms with van der Waals surface area (Å²) in [5.41, 5.74) is 0.128. The van der Waals surface area contributed by atoms with Gasteiger partial charge in [-0.05, 0) is 62.5 Å². The molecule has 0 bridgehead atoms. The van der Waals surface area contributed by atoms with Crippen molar-refractivity contribution in [1.29, 1.82) is 0 Å². The molecular formula is C21H30F3NO5. The first-order valence-electron chi connectivity index (χ1n) is 10.5. The van der Waals surface area contributed by atoms with Gasteiger partial charge in [-0.3, -0.25) is 4.90 Å². The van der Waals surface area contributed by atoms with E-state index in [2.05, 4.69) is 11.0 Å². The molecule has 0 amide bonds. The highest BCUT2D eigenvalue weighted by molar-refractivity contribution is 5.73. The van der Waals surface area contributed by atoms with E-state index in [0.717, 1.165) is 64.0 Å². The number of furan rings is 1. The molecule has 170 valence electrons. The van der Waals surface area contributed by atoms with Crippen molar-refractivity contribution < 1.29 is 37.0 Å². The third-order valence-corrected chi connectivity index (χ3v) is 6.17.